The molecule has 0 aromatic rings. The Labute approximate surface area is 146 Å². The van der Waals surface area contributed by atoms with Gasteiger partial charge in [0.05, 0.1) is 26.1 Å². The zero-order valence-electron chi connectivity index (χ0n) is 14.7. The van der Waals surface area contributed by atoms with E-state index in [1.54, 1.807) is 0 Å². The maximum Gasteiger partial charge on any atom is 0.508 e. The number of aliphatic carboxylic acids is 1. The molecule has 0 heterocycles. The average Bonchev–Trinajstić information content (AvgIpc) is 2.53. The Balaban J connectivity index is 3.92. The van der Waals surface area contributed by atoms with Gasteiger partial charge in [0.15, 0.2) is 6.10 Å². The molecule has 1 atom stereocenters. The van der Waals surface area contributed by atoms with E-state index in [1.165, 1.54) is 14.0 Å². The van der Waals surface area contributed by atoms with Crippen molar-refractivity contribution in [2.24, 2.45) is 0 Å². The van der Waals surface area contributed by atoms with E-state index in [0.717, 1.165) is 12.8 Å². The monoisotopic (exact) mass is 362 g/mol. The molecule has 0 radical (unpaired) electrons. The number of carboxylic acid groups (broad SMARTS) is 1. The number of unbranched alkanes of at least 4 members (excludes halogenated alkanes) is 2. The van der Waals surface area contributed by atoms with E-state index >= 15 is 0 Å². The quantitative estimate of drug-likeness (QED) is 0.363. The second-order valence-electron chi connectivity index (χ2n) is 5.38. The third-order valence-corrected chi connectivity index (χ3v) is 2.97. The first-order valence-corrected chi connectivity index (χ1v) is 8.04. The topological polar surface area (TPSA) is 125 Å². The molecule has 0 aliphatic carbocycles. The molecular weight excluding hydrogens is 336 g/mol. The summed E-state index contributed by atoms with van der Waals surface area (Å²) in [7, 11) is 1.39. The van der Waals surface area contributed by atoms with Crippen LogP contribution in [-0.2, 0) is 33.3 Å². The molecule has 0 aliphatic heterocycles. The summed E-state index contributed by atoms with van der Waals surface area (Å²) in [5, 5.41) is 8.50. The van der Waals surface area contributed by atoms with Crippen LogP contribution < -0.4 is 0 Å². The van der Waals surface area contributed by atoms with E-state index in [0.29, 0.717) is 12.8 Å². The normalized spacial score (nSPS) is 11.4. The molecule has 0 amide bonds. The van der Waals surface area contributed by atoms with Gasteiger partial charge in [0.1, 0.15) is 12.4 Å². The maximum atomic E-state index is 11.5. The number of carbonyl (C=O) groups is 4. The van der Waals surface area contributed by atoms with Crippen molar-refractivity contribution in [3.05, 3.63) is 0 Å². The molecule has 0 spiro atoms. The summed E-state index contributed by atoms with van der Waals surface area (Å²) >= 11 is 0. The van der Waals surface area contributed by atoms with Crippen molar-refractivity contribution in [2.75, 3.05) is 26.9 Å². The third-order valence-electron chi connectivity index (χ3n) is 2.97. The largest absolute Gasteiger partial charge is 0.508 e. The highest BCUT2D eigenvalue weighted by atomic mass is 16.7. The van der Waals surface area contributed by atoms with Crippen LogP contribution in [0.4, 0.5) is 4.79 Å². The predicted octanol–water partition coefficient (Wildman–Crippen LogP) is 1.71. The zero-order chi connectivity index (χ0) is 19.1. The molecule has 25 heavy (non-hydrogen) atoms. The lowest BCUT2D eigenvalue weighted by atomic mass is 10.1. The van der Waals surface area contributed by atoms with Gasteiger partial charge in [-0.2, -0.15) is 0 Å². The molecule has 0 aliphatic rings. The van der Waals surface area contributed by atoms with Crippen LogP contribution in [0.3, 0.4) is 0 Å². The SMILES string of the molecule is COCC(COC(=O)OCCCCCC(C)=O)OC(=O)CCC(=O)O. The standard InChI is InChI=1S/C16H26O9/c1-12(17)6-4-3-5-9-23-16(21)24-11-13(10-22-2)25-15(20)8-7-14(18)19/h13H,3-11H2,1-2H3,(H,18,19). The Kier molecular flexibility index (Phi) is 13.0. The first-order valence-electron chi connectivity index (χ1n) is 8.04. The molecule has 0 aromatic carbocycles. The van der Waals surface area contributed by atoms with Gasteiger partial charge in [0, 0.05) is 13.5 Å². The highest BCUT2D eigenvalue weighted by molar-refractivity contribution is 5.76. The Morgan fingerprint density at radius 1 is 0.920 bits per heavy atom. The van der Waals surface area contributed by atoms with Gasteiger partial charge < -0.3 is 28.8 Å². The van der Waals surface area contributed by atoms with Crippen LogP contribution in [0.5, 0.6) is 0 Å². The van der Waals surface area contributed by atoms with Crippen molar-refractivity contribution in [3.63, 3.8) is 0 Å². The van der Waals surface area contributed by atoms with Crippen LogP contribution in [0.15, 0.2) is 0 Å². The number of hydrogen-bond donors (Lipinski definition) is 1. The number of Topliss-reactive ketones (excluding diaryl/α,β-unsaturated/α-hetero) is 1. The van der Waals surface area contributed by atoms with Gasteiger partial charge in [-0.05, 0) is 26.2 Å². The Bertz CT molecular complexity index is 433. The average molecular weight is 362 g/mol. The first-order chi connectivity index (χ1) is 11.8. The number of esters is 1. The molecule has 1 unspecified atom stereocenters. The molecular formula is C16H26O9. The number of hydrogen-bond acceptors (Lipinski definition) is 8. The second kappa shape index (κ2) is 14.2. The summed E-state index contributed by atoms with van der Waals surface area (Å²) < 4.78 is 19.5. The molecule has 0 rings (SSSR count). The van der Waals surface area contributed by atoms with Crippen LogP contribution in [0.2, 0.25) is 0 Å². The molecule has 1 N–H and O–H groups in total. The summed E-state index contributed by atoms with van der Waals surface area (Å²) in [5.74, 6) is -1.70. The fraction of sp³-hybridized carbons (Fsp3) is 0.750. The minimum atomic E-state index is -1.11. The minimum absolute atomic E-state index is 0.00284. The van der Waals surface area contributed by atoms with Crippen molar-refractivity contribution in [2.45, 2.75) is 51.6 Å². The van der Waals surface area contributed by atoms with Crippen molar-refractivity contribution in [1.82, 2.24) is 0 Å². The number of carboxylic acids is 1. The van der Waals surface area contributed by atoms with E-state index in [1.807, 2.05) is 0 Å². The van der Waals surface area contributed by atoms with E-state index in [-0.39, 0.29) is 38.4 Å². The van der Waals surface area contributed by atoms with E-state index < -0.39 is 24.2 Å². The minimum Gasteiger partial charge on any atom is -0.481 e. The lowest BCUT2D eigenvalue weighted by Gasteiger charge is -2.16. The Morgan fingerprint density at radius 2 is 1.64 bits per heavy atom. The van der Waals surface area contributed by atoms with Crippen LogP contribution >= 0.6 is 0 Å². The number of carbonyl (C=O) groups excluding carboxylic acids is 3. The van der Waals surface area contributed by atoms with Crippen LogP contribution in [0.1, 0.15) is 45.4 Å². The van der Waals surface area contributed by atoms with Crippen molar-refractivity contribution in [1.29, 1.82) is 0 Å². The summed E-state index contributed by atoms with van der Waals surface area (Å²) in [6.07, 6.45) is 0.287. The molecule has 0 aromatic heterocycles. The number of ketones is 1. The van der Waals surface area contributed by atoms with E-state index in [4.69, 9.17) is 24.1 Å². The fourth-order valence-corrected chi connectivity index (χ4v) is 1.77. The highest BCUT2D eigenvalue weighted by Crippen LogP contribution is 2.03. The summed E-state index contributed by atoms with van der Waals surface area (Å²) in [4.78, 5) is 44.0. The number of ether oxygens (including phenoxy) is 4. The summed E-state index contributed by atoms with van der Waals surface area (Å²) in [6.45, 7) is 1.44. The van der Waals surface area contributed by atoms with E-state index in [9.17, 15) is 19.2 Å². The van der Waals surface area contributed by atoms with Crippen molar-refractivity contribution in [3.8, 4) is 0 Å². The number of methoxy groups -OCH3 is 1. The van der Waals surface area contributed by atoms with Crippen LogP contribution in [0, 0.1) is 0 Å². The fourth-order valence-electron chi connectivity index (χ4n) is 1.77. The predicted molar refractivity (Wildman–Crippen MR) is 85.1 cm³/mol. The van der Waals surface area contributed by atoms with Crippen molar-refractivity contribution >= 4 is 23.9 Å². The molecule has 144 valence electrons. The third kappa shape index (κ3) is 15.1. The molecule has 0 saturated carbocycles. The van der Waals surface area contributed by atoms with Gasteiger partial charge in [-0.1, -0.05) is 0 Å². The van der Waals surface area contributed by atoms with Gasteiger partial charge in [-0.3, -0.25) is 9.59 Å². The van der Waals surface area contributed by atoms with Crippen LogP contribution in [-0.4, -0.2) is 62.0 Å². The summed E-state index contributed by atoms with van der Waals surface area (Å²) in [5.41, 5.74) is 0. The van der Waals surface area contributed by atoms with Gasteiger partial charge >= 0.3 is 18.1 Å². The maximum absolute atomic E-state index is 11.5. The van der Waals surface area contributed by atoms with Gasteiger partial charge in [0.2, 0.25) is 0 Å². The lowest BCUT2D eigenvalue weighted by Crippen LogP contribution is -2.29. The summed E-state index contributed by atoms with van der Waals surface area (Å²) in [6, 6.07) is 0. The smallest absolute Gasteiger partial charge is 0.481 e. The molecule has 0 saturated heterocycles. The first kappa shape index (κ1) is 22.8. The van der Waals surface area contributed by atoms with Gasteiger partial charge in [0.25, 0.3) is 0 Å². The molecule has 9 nitrogen and oxygen atoms in total. The van der Waals surface area contributed by atoms with Gasteiger partial charge in [-0.15, -0.1) is 0 Å². The molecule has 0 fully saturated rings. The Hall–Kier alpha value is -2.16. The zero-order valence-corrected chi connectivity index (χ0v) is 14.7. The Morgan fingerprint density at radius 3 is 2.24 bits per heavy atom. The second-order valence-corrected chi connectivity index (χ2v) is 5.38. The highest BCUT2D eigenvalue weighted by Gasteiger charge is 2.18. The molecule has 0 bridgehead atoms. The lowest BCUT2D eigenvalue weighted by molar-refractivity contribution is -0.156. The van der Waals surface area contributed by atoms with Crippen molar-refractivity contribution < 1.29 is 43.2 Å². The van der Waals surface area contributed by atoms with Gasteiger partial charge in [-0.25, -0.2) is 4.79 Å². The molecule has 9 heteroatoms. The van der Waals surface area contributed by atoms with Crippen LogP contribution in [0.25, 0.3) is 0 Å². The number of rotatable bonds is 14. The van der Waals surface area contributed by atoms with E-state index in [2.05, 4.69) is 0 Å².